The number of nitrogens with one attached hydrogen (secondary N) is 2. The summed E-state index contributed by atoms with van der Waals surface area (Å²) in [4.78, 5) is 21.1. The highest BCUT2D eigenvalue weighted by Gasteiger charge is 2.12. The molecule has 4 nitrogen and oxygen atoms in total. The van der Waals surface area contributed by atoms with Crippen LogP contribution in [-0.4, -0.2) is 15.9 Å². The fourth-order valence-electron chi connectivity index (χ4n) is 2.84. The third-order valence-corrected chi connectivity index (χ3v) is 5.04. The smallest absolute Gasteiger partial charge is 0.255 e. The van der Waals surface area contributed by atoms with Gasteiger partial charge < -0.3 is 10.3 Å². The van der Waals surface area contributed by atoms with E-state index in [9.17, 15) is 4.79 Å². The number of hydrogen-bond acceptors (Lipinski definition) is 3. The third-order valence-electron chi connectivity index (χ3n) is 4.16. The van der Waals surface area contributed by atoms with Crippen LogP contribution in [-0.2, 0) is 6.42 Å². The summed E-state index contributed by atoms with van der Waals surface area (Å²) in [5.74, 6) is -0.0913. The van der Waals surface area contributed by atoms with Crippen molar-refractivity contribution in [2.75, 3.05) is 5.32 Å². The first-order valence-electron chi connectivity index (χ1n) is 8.30. The van der Waals surface area contributed by atoms with Gasteiger partial charge in [-0.25, -0.2) is 4.98 Å². The Kier molecular flexibility index (Phi) is 4.62. The number of benzene rings is 2. The van der Waals surface area contributed by atoms with Crippen LogP contribution in [0.5, 0.6) is 0 Å². The molecule has 0 aliphatic carbocycles. The second-order valence-corrected chi connectivity index (χ2v) is 6.94. The molecule has 4 aromatic rings. The van der Waals surface area contributed by atoms with E-state index < -0.39 is 0 Å². The number of rotatable bonds is 5. The first kappa shape index (κ1) is 16.3. The van der Waals surface area contributed by atoms with Gasteiger partial charge in [0.1, 0.15) is 0 Å². The van der Waals surface area contributed by atoms with E-state index in [2.05, 4.69) is 26.7 Å². The minimum Gasteiger partial charge on any atom is -0.345 e. The summed E-state index contributed by atoms with van der Waals surface area (Å²) in [5.41, 5.74) is 4.48. The van der Waals surface area contributed by atoms with Crippen LogP contribution >= 0.6 is 11.3 Å². The monoisotopic (exact) mass is 359 g/mol. The average Bonchev–Trinajstić information content (AvgIpc) is 3.37. The molecule has 2 N–H and O–H groups in total. The largest absolute Gasteiger partial charge is 0.345 e. The van der Waals surface area contributed by atoms with E-state index in [-0.39, 0.29) is 5.91 Å². The summed E-state index contributed by atoms with van der Waals surface area (Å²) in [7, 11) is 0. The molecule has 2 heterocycles. The normalized spacial score (nSPS) is 10.6. The molecule has 1 amide bonds. The fourth-order valence-corrected chi connectivity index (χ4v) is 3.57. The first-order chi connectivity index (χ1) is 12.8. The van der Waals surface area contributed by atoms with E-state index in [1.807, 2.05) is 54.6 Å². The Morgan fingerprint density at radius 2 is 1.88 bits per heavy atom. The SMILES string of the molecule is O=C(Nc1ccc(-c2cnc[nH]2)cc1)c1ccccc1Cc1cccs1. The van der Waals surface area contributed by atoms with E-state index >= 15 is 0 Å². The predicted octanol–water partition coefficient (Wildman–Crippen LogP) is 4.98. The summed E-state index contributed by atoms with van der Waals surface area (Å²) in [5, 5.41) is 5.04. The summed E-state index contributed by atoms with van der Waals surface area (Å²) in [6.07, 6.45) is 4.18. The van der Waals surface area contributed by atoms with E-state index in [1.54, 1.807) is 23.9 Å². The average molecular weight is 359 g/mol. The third kappa shape index (κ3) is 3.58. The van der Waals surface area contributed by atoms with Gasteiger partial charge in [0, 0.05) is 22.5 Å². The number of carbonyl (C=O) groups excluding carboxylic acids is 1. The number of amides is 1. The second kappa shape index (κ2) is 7.37. The van der Waals surface area contributed by atoms with Crippen LogP contribution in [0.2, 0.25) is 0 Å². The molecule has 0 bridgehead atoms. The number of carbonyl (C=O) groups is 1. The maximum atomic E-state index is 12.8. The Morgan fingerprint density at radius 3 is 2.62 bits per heavy atom. The molecule has 26 heavy (non-hydrogen) atoms. The second-order valence-electron chi connectivity index (χ2n) is 5.91. The Labute approximate surface area is 155 Å². The maximum absolute atomic E-state index is 12.8. The molecule has 0 saturated carbocycles. The fraction of sp³-hybridized carbons (Fsp3) is 0.0476. The van der Waals surface area contributed by atoms with Gasteiger partial charge in [0.05, 0.1) is 18.2 Å². The van der Waals surface area contributed by atoms with Gasteiger partial charge in [-0.3, -0.25) is 4.79 Å². The van der Waals surface area contributed by atoms with Crippen LogP contribution in [0.1, 0.15) is 20.8 Å². The van der Waals surface area contributed by atoms with E-state index in [4.69, 9.17) is 0 Å². The molecule has 0 unspecified atom stereocenters. The Morgan fingerprint density at radius 1 is 1.04 bits per heavy atom. The van der Waals surface area contributed by atoms with Crippen molar-refractivity contribution in [2.24, 2.45) is 0 Å². The van der Waals surface area contributed by atoms with Crippen LogP contribution in [0.4, 0.5) is 5.69 Å². The van der Waals surface area contributed by atoms with Gasteiger partial charge in [0.15, 0.2) is 0 Å². The zero-order valence-corrected chi connectivity index (χ0v) is 14.8. The van der Waals surface area contributed by atoms with Gasteiger partial charge in [-0.1, -0.05) is 36.4 Å². The number of thiophene rings is 1. The molecule has 0 saturated heterocycles. The van der Waals surface area contributed by atoms with E-state index in [0.29, 0.717) is 5.56 Å². The molecule has 0 atom stereocenters. The number of aromatic amines is 1. The molecular formula is C21H17N3OS. The lowest BCUT2D eigenvalue weighted by Gasteiger charge is -2.10. The maximum Gasteiger partial charge on any atom is 0.255 e. The van der Waals surface area contributed by atoms with Crippen LogP contribution in [0.15, 0.2) is 78.6 Å². The molecule has 0 fully saturated rings. The Bertz CT molecular complexity index is 990. The van der Waals surface area contributed by atoms with Crippen molar-refractivity contribution >= 4 is 22.9 Å². The quantitative estimate of drug-likeness (QED) is 0.528. The van der Waals surface area contributed by atoms with Gasteiger partial charge in [0.25, 0.3) is 5.91 Å². The minimum absolute atomic E-state index is 0.0913. The van der Waals surface area contributed by atoms with Gasteiger partial charge >= 0.3 is 0 Å². The highest BCUT2D eigenvalue weighted by Crippen LogP contribution is 2.21. The summed E-state index contributed by atoms with van der Waals surface area (Å²) < 4.78 is 0. The van der Waals surface area contributed by atoms with Crippen molar-refractivity contribution in [2.45, 2.75) is 6.42 Å². The van der Waals surface area contributed by atoms with Crippen LogP contribution < -0.4 is 5.32 Å². The summed E-state index contributed by atoms with van der Waals surface area (Å²) in [6.45, 7) is 0. The lowest BCUT2D eigenvalue weighted by atomic mass is 10.0. The summed E-state index contributed by atoms with van der Waals surface area (Å²) >= 11 is 1.70. The molecule has 5 heteroatoms. The lowest BCUT2D eigenvalue weighted by Crippen LogP contribution is -2.14. The van der Waals surface area contributed by atoms with Crippen molar-refractivity contribution in [3.63, 3.8) is 0 Å². The molecule has 2 aromatic carbocycles. The van der Waals surface area contributed by atoms with Crippen molar-refractivity contribution in [3.05, 3.63) is 94.6 Å². The molecule has 128 valence electrons. The minimum atomic E-state index is -0.0913. The standard InChI is InChI=1S/C21H17N3OS/c25-21(19-6-2-1-4-16(19)12-18-5-3-11-26-18)24-17-9-7-15(8-10-17)20-13-22-14-23-20/h1-11,13-14H,12H2,(H,22,23)(H,24,25). The van der Waals surface area contributed by atoms with Crippen molar-refractivity contribution < 1.29 is 4.79 Å². The van der Waals surface area contributed by atoms with Gasteiger partial charge in [-0.2, -0.15) is 0 Å². The zero-order chi connectivity index (χ0) is 17.8. The van der Waals surface area contributed by atoms with E-state index in [1.165, 1.54) is 4.88 Å². The number of hydrogen-bond donors (Lipinski definition) is 2. The number of nitrogens with zero attached hydrogens (tertiary/aromatic N) is 1. The highest BCUT2D eigenvalue weighted by molar-refractivity contribution is 7.09. The number of imidazole rings is 1. The van der Waals surface area contributed by atoms with Crippen LogP contribution in [0.3, 0.4) is 0 Å². The Balaban J connectivity index is 1.51. The Hall–Kier alpha value is -3.18. The van der Waals surface area contributed by atoms with Crippen LogP contribution in [0, 0.1) is 0 Å². The molecular weight excluding hydrogens is 342 g/mol. The van der Waals surface area contributed by atoms with Crippen molar-refractivity contribution in [1.82, 2.24) is 9.97 Å². The number of H-pyrrole nitrogens is 1. The predicted molar refractivity (Wildman–Crippen MR) is 106 cm³/mol. The van der Waals surface area contributed by atoms with Crippen LogP contribution in [0.25, 0.3) is 11.3 Å². The van der Waals surface area contributed by atoms with Gasteiger partial charge in [0.2, 0.25) is 0 Å². The first-order valence-corrected chi connectivity index (χ1v) is 9.18. The molecule has 4 rings (SSSR count). The number of anilines is 1. The number of aromatic nitrogens is 2. The molecule has 0 aliphatic rings. The van der Waals surface area contributed by atoms with E-state index in [0.717, 1.165) is 28.9 Å². The van der Waals surface area contributed by atoms with Gasteiger partial charge in [-0.05, 0) is 40.8 Å². The highest BCUT2D eigenvalue weighted by atomic mass is 32.1. The molecule has 0 aliphatic heterocycles. The topological polar surface area (TPSA) is 57.8 Å². The lowest BCUT2D eigenvalue weighted by molar-refractivity contribution is 0.102. The van der Waals surface area contributed by atoms with Crippen molar-refractivity contribution in [3.8, 4) is 11.3 Å². The molecule has 2 aromatic heterocycles. The van der Waals surface area contributed by atoms with Crippen molar-refractivity contribution in [1.29, 1.82) is 0 Å². The zero-order valence-electron chi connectivity index (χ0n) is 14.0. The van der Waals surface area contributed by atoms with Gasteiger partial charge in [-0.15, -0.1) is 11.3 Å². The molecule has 0 spiro atoms. The molecule has 0 radical (unpaired) electrons. The summed E-state index contributed by atoms with van der Waals surface area (Å²) in [6, 6.07) is 19.6.